The molecule has 1 aliphatic heterocycles. The molecule has 1 aromatic heterocycles. The van der Waals surface area contributed by atoms with Crippen LogP contribution in [0.3, 0.4) is 0 Å². The highest BCUT2D eigenvalue weighted by Gasteiger charge is 2.51. The molecule has 2 heterocycles. The number of hydrogen-bond acceptors (Lipinski definition) is 5. The zero-order valence-electron chi connectivity index (χ0n) is 12.3. The maximum atomic E-state index is 13.0. The quantitative estimate of drug-likeness (QED) is 0.630. The Bertz CT molecular complexity index is 764. The summed E-state index contributed by atoms with van der Waals surface area (Å²) in [5, 5.41) is 0.651. The smallest absolute Gasteiger partial charge is 0.323 e. The molecule has 1 fully saturated rings. The first-order valence-electron chi connectivity index (χ1n) is 6.80. The van der Waals surface area contributed by atoms with Crippen LogP contribution < -0.4 is 0 Å². The van der Waals surface area contributed by atoms with E-state index >= 15 is 0 Å². The van der Waals surface area contributed by atoms with Gasteiger partial charge in [-0.2, -0.15) is 0 Å². The Balaban J connectivity index is 2.02. The van der Waals surface area contributed by atoms with Crippen molar-refractivity contribution in [3.05, 3.63) is 40.7 Å². The first-order chi connectivity index (χ1) is 10.3. The molecule has 114 valence electrons. The van der Waals surface area contributed by atoms with Crippen LogP contribution in [0.2, 0.25) is 0 Å². The maximum absolute atomic E-state index is 13.0. The van der Waals surface area contributed by atoms with Crippen LogP contribution in [0.4, 0.5) is 4.39 Å². The molecule has 22 heavy (non-hydrogen) atoms. The Morgan fingerprint density at radius 2 is 1.86 bits per heavy atom. The molecular formula is C16H14FNO3S. The molecule has 2 aromatic rings. The zero-order valence-corrected chi connectivity index (χ0v) is 13.2. The summed E-state index contributed by atoms with van der Waals surface area (Å²) in [6.07, 6.45) is 0. The second-order valence-corrected chi connectivity index (χ2v) is 6.90. The highest BCUT2D eigenvalue weighted by molar-refractivity contribution is 7.15. The van der Waals surface area contributed by atoms with Gasteiger partial charge in [-0.25, -0.2) is 9.37 Å². The molecule has 0 saturated carbocycles. The van der Waals surface area contributed by atoms with Crippen molar-refractivity contribution < 1.29 is 18.7 Å². The van der Waals surface area contributed by atoms with E-state index < -0.39 is 17.5 Å². The van der Waals surface area contributed by atoms with Gasteiger partial charge in [0.15, 0.2) is 17.3 Å². The number of Topliss-reactive ketones (excluding diaryl/α,β-unsaturated/α-hetero) is 1. The summed E-state index contributed by atoms with van der Waals surface area (Å²) in [6.45, 7) is 4.97. The standard InChI is InChI=1S/C16H14FNO3S/c1-8-12(11-13(19)16(2,3)21-15(11)20)18-14(22-8)9-4-6-10(17)7-5-9/h4-7,11H,1-3H3. The first kappa shape index (κ1) is 14.8. The number of cyclic esters (lactones) is 1. The van der Waals surface area contributed by atoms with Crippen molar-refractivity contribution in [1.82, 2.24) is 4.98 Å². The van der Waals surface area contributed by atoms with Crippen molar-refractivity contribution in [1.29, 1.82) is 0 Å². The minimum absolute atomic E-state index is 0.281. The summed E-state index contributed by atoms with van der Waals surface area (Å²) in [4.78, 5) is 29.6. The number of thiazole rings is 1. The lowest BCUT2D eigenvalue weighted by Gasteiger charge is -2.12. The fraction of sp³-hybridized carbons (Fsp3) is 0.312. The van der Waals surface area contributed by atoms with E-state index in [1.54, 1.807) is 26.0 Å². The van der Waals surface area contributed by atoms with Gasteiger partial charge < -0.3 is 4.74 Å². The predicted molar refractivity (Wildman–Crippen MR) is 80.2 cm³/mol. The lowest BCUT2D eigenvalue weighted by Crippen LogP contribution is -2.29. The SMILES string of the molecule is Cc1sc(-c2ccc(F)cc2)nc1C1C(=O)OC(C)(C)C1=O. The molecular weight excluding hydrogens is 305 g/mol. The number of nitrogens with zero attached hydrogens (tertiary/aromatic N) is 1. The highest BCUT2D eigenvalue weighted by Crippen LogP contribution is 2.38. The van der Waals surface area contributed by atoms with Crippen LogP contribution in [0.25, 0.3) is 10.6 Å². The number of hydrogen-bond donors (Lipinski definition) is 0. The van der Waals surface area contributed by atoms with E-state index in [-0.39, 0.29) is 11.6 Å². The fourth-order valence-corrected chi connectivity index (χ4v) is 3.40. The lowest BCUT2D eigenvalue weighted by atomic mass is 9.92. The highest BCUT2D eigenvalue weighted by atomic mass is 32.1. The van der Waals surface area contributed by atoms with E-state index in [0.717, 1.165) is 10.4 Å². The van der Waals surface area contributed by atoms with Crippen LogP contribution >= 0.6 is 11.3 Å². The summed E-state index contributed by atoms with van der Waals surface area (Å²) < 4.78 is 18.1. The van der Waals surface area contributed by atoms with E-state index in [9.17, 15) is 14.0 Å². The Morgan fingerprint density at radius 1 is 1.23 bits per heavy atom. The number of rotatable bonds is 2. The van der Waals surface area contributed by atoms with Crippen LogP contribution in [0.1, 0.15) is 30.3 Å². The van der Waals surface area contributed by atoms with Crippen molar-refractivity contribution in [2.75, 3.05) is 0 Å². The summed E-state index contributed by atoms with van der Waals surface area (Å²) in [6, 6.07) is 5.94. The number of ketones is 1. The van der Waals surface area contributed by atoms with Crippen molar-refractivity contribution in [3.63, 3.8) is 0 Å². The third kappa shape index (κ3) is 2.33. The lowest BCUT2D eigenvalue weighted by molar-refractivity contribution is -0.148. The van der Waals surface area contributed by atoms with Gasteiger partial charge in [-0.3, -0.25) is 9.59 Å². The van der Waals surface area contributed by atoms with Gasteiger partial charge in [-0.1, -0.05) is 0 Å². The number of halogens is 1. The Hall–Kier alpha value is -2.08. The third-order valence-corrected chi connectivity index (χ3v) is 4.68. The average molecular weight is 319 g/mol. The van der Waals surface area contributed by atoms with Gasteiger partial charge in [-0.15, -0.1) is 11.3 Å². The summed E-state index contributed by atoms with van der Waals surface area (Å²) >= 11 is 1.37. The topological polar surface area (TPSA) is 56.3 Å². The van der Waals surface area contributed by atoms with Gasteiger partial charge >= 0.3 is 5.97 Å². The molecule has 0 aliphatic carbocycles. The fourth-order valence-electron chi connectivity index (χ4n) is 2.44. The van der Waals surface area contributed by atoms with Gasteiger partial charge in [0.05, 0.1) is 5.69 Å². The molecule has 1 aliphatic rings. The van der Waals surface area contributed by atoms with Crippen LogP contribution in [-0.2, 0) is 14.3 Å². The number of benzene rings is 1. The van der Waals surface area contributed by atoms with Crippen LogP contribution in [-0.4, -0.2) is 22.3 Å². The first-order valence-corrected chi connectivity index (χ1v) is 7.61. The van der Waals surface area contributed by atoms with Crippen LogP contribution in [0, 0.1) is 12.7 Å². The van der Waals surface area contributed by atoms with Gasteiger partial charge in [-0.05, 0) is 45.0 Å². The maximum Gasteiger partial charge on any atom is 0.323 e. The Labute approximate surface area is 130 Å². The molecule has 1 atom stereocenters. The second-order valence-electron chi connectivity index (χ2n) is 5.70. The minimum Gasteiger partial charge on any atom is -0.451 e. The van der Waals surface area contributed by atoms with Crippen molar-refractivity contribution in [2.45, 2.75) is 32.3 Å². The van der Waals surface area contributed by atoms with E-state index in [2.05, 4.69) is 4.98 Å². The molecule has 6 heteroatoms. The van der Waals surface area contributed by atoms with E-state index in [4.69, 9.17) is 4.74 Å². The van der Waals surface area contributed by atoms with Crippen molar-refractivity contribution in [2.24, 2.45) is 0 Å². The third-order valence-electron chi connectivity index (χ3n) is 3.64. The number of esters is 1. The molecule has 1 aromatic carbocycles. The zero-order chi connectivity index (χ0) is 16.1. The molecule has 0 bridgehead atoms. The number of aryl methyl sites for hydroxylation is 1. The van der Waals surface area contributed by atoms with Crippen molar-refractivity contribution in [3.8, 4) is 10.6 Å². The van der Waals surface area contributed by atoms with Crippen molar-refractivity contribution >= 4 is 23.1 Å². The molecule has 4 nitrogen and oxygen atoms in total. The molecule has 0 amide bonds. The normalized spacial score (nSPS) is 20.3. The molecule has 1 unspecified atom stereocenters. The second kappa shape index (κ2) is 4.98. The van der Waals surface area contributed by atoms with Gasteiger partial charge in [0.2, 0.25) is 0 Å². The van der Waals surface area contributed by atoms with Gasteiger partial charge in [0.25, 0.3) is 0 Å². The summed E-state index contributed by atoms with van der Waals surface area (Å²) in [7, 11) is 0. The van der Waals surface area contributed by atoms with E-state index in [0.29, 0.717) is 10.7 Å². The number of carbonyl (C=O) groups is 2. The molecule has 0 radical (unpaired) electrons. The predicted octanol–water partition coefficient (Wildman–Crippen LogP) is 3.25. The molecule has 0 N–H and O–H groups in total. The largest absolute Gasteiger partial charge is 0.451 e. The van der Waals surface area contributed by atoms with Gasteiger partial charge in [0.1, 0.15) is 10.8 Å². The molecule has 1 saturated heterocycles. The average Bonchev–Trinajstić information content (AvgIpc) is 2.89. The van der Waals surface area contributed by atoms with Gasteiger partial charge in [0, 0.05) is 10.4 Å². The van der Waals surface area contributed by atoms with E-state index in [1.807, 2.05) is 6.92 Å². The summed E-state index contributed by atoms with van der Waals surface area (Å²) in [5.74, 6) is -2.14. The molecule has 3 rings (SSSR count). The molecule has 0 spiro atoms. The van der Waals surface area contributed by atoms with Crippen LogP contribution in [0.15, 0.2) is 24.3 Å². The van der Waals surface area contributed by atoms with E-state index in [1.165, 1.54) is 23.5 Å². The number of carbonyl (C=O) groups excluding carboxylic acids is 2. The van der Waals surface area contributed by atoms with Crippen LogP contribution in [0.5, 0.6) is 0 Å². The summed E-state index contributed by atoms with van der Waals surface area (Å²) in [5.41, 5.74) is 0.0668. The Kier molecular flexibility index (Phi) is 3.36. The Morgan fingerprint density at radius 3 is 2.41 bits per heavy atom. The number of aromatic nitrogens is 1. The monoisotopic (exact) mass is 319 g/mol. The number of ether oxygens (including phenoxy) is 1. The minimum atomic E-state index is -1.12.